The van der Waals surface area contributed by atoms with Gasteiger partial charge >= 0.3 is 5.97 Å². The molecule has 2 aromatic rings. The summed E-state index contributed by atoms with van der Waals surface area (Å²) >= 11 is 3.27. The summed E-state index contributed by atoms with van der Waals surface area (Å²) < 4.78 is 5.19. The molecule has 0 aliphatic heterocycles. The van der Waals surface area contributed by atoms with Crippen molar-refractivity contribution in [2.75, 3.05) is 0 Å². The lowest BCUT2D eigenvalue weighted by Crippen LogP contribution is -2.13. The molecular formula is C12H9BrN2O2. The van der Waals surface area contributed by atoms with Gasteiger partial charge in [-0.3, -0.25) is 0 Å². The van der Waals surface area contributed by atoms with Gasteiger partial charge in [-0.05, 0) is 12.1 Å². The van der Waals surface area contributed by atoms with Crippen LogP contribution in [0.4, 0.5) is 0 Å². The SMILES string of the molecule is O=C(Oc1ccccc1)c1ncncc1CBr. The Hall–Kier alpha value is -1.75. The van der Waals surface area contributed by atoms with Gasteiger partial charge in [-0.15, -0.1) is 0 Å². The lowest BCUT2D eigenvalue weighted by atomic mass is 10.2. The highest BCUT2D eigenvalue weighted by atomic mass is 79.9. The van der Waals surface area contributed by atoms with Crippen LogP contribution < -0.4 is 4.74 Å². The molecule has 0 saturated heterocycles. The molecule has 1 aromatic heterocycles. The second kappa shape index (κ2) is 5.54. The molecule has 4 nitrogen and oxygen atoms in total. The molecule has 0 bridgehead atoms. The zero-order valence-corrected chi connectivity index (χ0v) is 10.4. The van der Waals surface area contributed by atoms with E-state index in [-0.39, 0.29) is 5.69 Å². The summed E-state index contributed by atoms with van der Waals surface area (Å²) in [4.78, 5) is 19.6. The highest BCUT2D eigenvalue weighted by Crippen LogP contribution is 2.14. The van der Waals surface area contributed by atoms with Crippen molar-refractivity contribution in [3.63, 3.8) is 0 Å². The molecule has 0 aliphatic carbocycles. The maximum Gasteiger partial charge on any atom is 0.362 e. The minimum atomic E-state index is -0.479. The molecule has 17 heavy (non-hydrogen) atoms. The van der Waals surface area contributed by atoms with Crippen molar-refractivity contribution in [2.45, 2.75) is 5.33 Å². The molecule has 0 radical (unpaired) electrons. The van der Waals surface area contributed by atoms with E-state index in [1.807, 2.05) is 6.07 Å². The molecule has 1 aromatic carbocycles. The molecule has 0 amide bonds. The Morgan fingerprint density at radius 1 is 1.29 bits per heavy atom. The first-order valence-corrected chi connectivity index (χ1v) is 6.05. The quantitative estimate of drug-likeness (QED) is 0.496. The number of rotatable bonds is 3. The van der Waals surface area contributed by atoms with Gasteiger partial charge in [0.05, 0.1) is 0 Å². The Balaban J connectivity index is 2.20. The Kier molecular flexibility index (Phi) is 3.82. The number of benzene rings is 1. The number of alkyl halides is 1. The lowest BCUT2D eigenvalue weighted by molar-refractivity contribution is 0.0727. The molecule has 5 heteroatoms. The summed E-state index contributed by atoms with van der Waals surface area (Å²) in [5, 5.41) is 0.507. The normalized spacial score (nSPS) is 9.94. The van der Waals surface area contributed by atoms with Crippen molar-refractivity contribution in [3.05, 3.63) is 54.1 Å². The predicted molar refractivity (Wildman–Crippen MR) is 66.1 cm³/mol. The van der Waals surface area contributed by atoms with Crippen LogP contribution in [-0.4, -0.2) is 15.9 Å². The molecule has 0 atom stereocenters. The van der Waals surface area contributed by atoms with Crippen molar-refractivity contribution in [1.82, 2.24) is 9.97 Å². The smallest absolute Gasteiger partial charge is 0.362 e. The fraction of sp³-hybridized carbons (Fsp3) is 0.0833. The molecule has 0 N–H and O–H groups in total. The predicted octanol–water partition coefficient (Wildman–Crippen LogP) is 2.59. The number of halogens is 1. The van der Waals surface area contributed by atoms with Crippen molar-refractivity contribution >= 4 is 21.9 Å². The van der Waals surface area contributed by atoms with E-state index in [0.29, 0.717) is 16.6 Å². The van der Waals surface area contributed by atoms with E-state index in [9.17, 15) is 4.79 Å². The van der Waals surface area contributed by atoms with Gasteiger partial charge in [-0.25, -0.2) is 14.8 Å². The van der Waals surface area contributed by atoms with Crippen LogP contribution in [0.5, 0.6) is 5.75 Å². The fourth-order valence-electron chi connectivity index (χ4n) is 1.28. The van der Waals surface area contributed by atoms with E-state index in [4.69, 9.17) is 4.74 Å². The first-order chi connectivity index (χ1) is 8.31. The van der Waals surface area contributed by atoms with Gasteiger partial charge < -0.3 is 4.74 Å². The number of ether oxygens (including phenoxy) is 1. The first-order valence-electron chi connectivity index (χ1n) is 4.93. The van der Waals surface area contributed by atoms with Crippen LogP contribution >= 0.6 is 15.9 Å². The standard InChI is InChI=1S/C12H9BrN2O2/c13-6-9-7-14-8-15-11(9)12(16)17-10-4-2-1-3-5-10/h1-5,7-8H,6H2. The minimum absolute atomic E-state index is 0.278. The average molecular weight is 293 g/mol. The lowest BCUT2D eigenvalue weighted by Gasteiger charge is -2.05. The van der Waals surface area contributed by atoms with E-state index >= 15 is 0 Å². The van der Waals surface area contributed by atoms with Crippen LogP contribution in [0.1, 0.15) is 16.1 Å². The van der Waals surface area contributed by atoms with Crippen LogP contribution in [0.3, 0.4) is 0 Å². The number of nitrogens with zero attached hydrogens (tertiary/aromatic N) is 2. The summed E-state index contributed by atoms with van der Waals surface area (Å²) in [7, 11) is 0. The van der Waals surface area contributed by atoms with Crippen LogP contribution in [-0.2, 0) is 5.33 Å². The number of carbonyl (C=O) groups excluding carboxylic acids is 1. The highest BCUT2D eigenvalue weighted by Gasteiger charge is 2.14. The zero-order valence-electron chi connectivity index (χ0n) is 8.84. The third-order valence-corrected chi connectivity index (χ3v) is 2.68. The van der Waals surface area contributed by atoms with E-state index in [1.54, 1.807) is 30.5 Å². The summed E-state index contributed by atoms with van der Waals surface area (Å²) in [5.74, 6) is 0.0182. The van der Waals surface area contributed by atoms with E-state index in [1.165, 1.54) is 6.33 Å². The molecule has 2 rings (SSSR count). The van der Waals surface area contributed by atoms with Crippen LogP contribution in [0, 0.1) is 0 Å². The topological polar surface area (TPSA) is 52.1 Å². The zero-order chi connectivity index (χ0) is 12.1. The van der Waals surface area contributed by atoms with E-state index in [0.717, 1.165) is 0 Å². The minimum Gasteiger partial charge on any atom is -0.422 e. The van der Waals surface area contributed by atoms with Crippen molar-refractivity contribution < 1.29 is 9.53 Å². The molecule has 0 fully saturated rings. The van der Waals surface area contributed by atoms with Crippen molar-refractivity contribution in [1.29, 1.82) is 0 Å². The number of para-hydroxylation sites is 1. The van der Waals surface area contributed by atoms with E-state index < -0.39 is 5.97 Å². The van der Waals surface area contributed by atoms with Crippen molar-refractivity contribution in [2.24, 2.45) is 0 Å². The van der Waals surface area contributed by atoms with Gasteiger partial charge in [0.2, 0.25) is 0 Å². The number of hydrogen-bond donors (Lipinski definition) is 0. The van der Waals surface area contributed by atoms with E-state index in [2.05, 4.69) is 25.9 Å². The van der Waals surface area contributed by atoms with Gasteiger partial charge in [-0.2, -0.15) is 0 Å². The number of aromatic nitrogens is 2. The van der Waals surface area contributed by atoms with Crippen LogP contribution in [0.2, 0.25) is 0 Å². The third kappa shape index (κ3) is 2.88. The van der Waals surface area contributed by atoms with Gasteiger partial charge in [-0.1, -0.05) is 34.1 Å². The van der Waals surface area contributed by atoms with Crippen molar-refractivity contribution in [3.8, 4) is 5.75 Å². The van der Waals surface area contributed by atoms with Crippen LogP contribution in [0.25, 0.3) is 0 Å². The maximum atomic E-state index is 11.9. The Morgan fingerprint density at radius 3 is 2.76 bits per heavy atom. The van der Waals surface area contributed by atoms with Gasteiger partial charge in [0, 0.05) is 17.1 Å². The van der Waals surface area contributed by atoms with Gasteiger partial charge in [0.15, 0.2) is 5.69 Å². The molecule has 0 unspecified atom stereocenters. The average Bonchev–Trinajstić information content (AvgIpc) is 2.40. The molecule has 86 valence electrons. The largest absolute Gasteiger partial charge is 0.422 e. The molecule has 0 saturated carbocycles. The Labute approximate surface area is 107 Å². The number of hydrogen-bond acceptors (Lipinski definition) is 4. The maximum absolute atomic E-state index is 11.9. The fourth-order valence-corrected chi connectivity index (χ4v) is 1.69. The summed E-state index contributed by atoms with van der Waals surface area (Å²) in [6.45, 7) is 0. The molecule has 1 heterocycles. The monoisotopic (exact) mass is 292 g/mol. The highest BCUT2D eigenvalue weighted by molar-refractivity contribution is 9.08. The second-order valence-corrected chi connectivity index (χ2v) is 3.79. The molecule has 0 spiro atoms. The van der Waals surface area contributed by atoms with Gasteiger partial charge in [0.25, 0.3) is 0 Å². The first kappa shape index (κ1) is 11.7. The summed E-state index contributed by atoms with van der Waals surface area (Å²) in [5.41, 5.74) is 0.981. The number of carbonyl (C=O) groups is 1. The number of esters is 1. The third-order valence-electron chi connectivity index (χ3n) is 2.08. The summed E-state index contributed by atoms with van der Waals surface area (Å²) in [6, 6.07) is 8.88. The molecule has 0 aliphatic rings. The Bertz CT molecular complexity index is 517. The Morgan fingerprint density at radius 2 is 2.06 bits per heavy atom. The second-order valence-electron chi connectivity index (χ2n) is 3.23. The summed E-state index contributed by atoms with van der Waals surface area (Å²) in [6.07, 6.45) is 2.91. The van der Waals surface area contributed by atoms with Crippen LogP contribution in [0.15, 0.2) is 42.9 Å². The molecular weight excluding hydrogens is 284 g/mol. The van der Waals surface area contributed by atoms with Gasteiger partial charge in [0.1, 0.15) is 12.1 Å².